The normalized spacial score (nSPS) is 10.1. The fourth-order valence-electron chi connectivity index (χ4n) is 1.74. The number of methoxy groups -OCH3 is 1. The number of carboxylic acid groups (broad SMARTS) is 1. The largest absolute Gasteiger partial charge is 0.504 e. The van der Waals surface area contributed by atoms with Crippen molar-refractivity contribution in [3.05, 3.63) is 53.6 Å². The number of phenolic OH excluding ortho intramolecular Hbond substituents is 1. The lowest BCUT2D eigenvalue weighted by molar-refractivity contribution is 0.0696. The average Bonchev–Trinajstić information content (AvgIpc) is 2.46. The average molecular weight is 274 g/mol. The molecule has 0 aliphatic carbocycles. The summed E-state index contributed by atoms with van der Waals surface area (Å²) in [6.07, 6.45) is 0. The van der Waals surface area contributed by atoms with Crippen LogP contribution >= 0.6 is 0 Å². The van der Waals surface area contributed by atoms with Crippen molar-refractivity contribution in [3.8, 4) is 17.2 Å². The first-order valence-electron chi connectivity index (χ1n) is 5.93. The second kappa shape index (κ2) is 5.97. The fraction of sp³-hybridized carbons (Fsp3) is 0.133. The molecule has 0 radical (unpaired) electrons. The Morgan fingerprint density at radius 2 is 1.90 bits per heavy atom. The third kappa shape index (κ3) is 3.00. The molecule has 0 aromatic heterocycles. The van der Waals surface area contributed by atoms with Gasteiger partial charge in [0.05, 0.1) is 12.7 Å². The summed E-state index contributed by atoms with van der Waals surface area (Å²) in [7, 11) is 1.38. The van der Waals surface area contributed by atoms with E-state index in [1.165, 1.54) is 13.2 Å². The first-order chi connectivity index (χ1) is 9.61. The predicted molar refractivity (Wildman–Crippen MR) is 72.4 cm³/mol. The molecule has 0 amide bonds. The maximum Gasteiger partial charge on any atom is 0.335 e. The lowest BCUT2D eigenvalue weighted by atomic mass is 10.2. The standard InChI is InChI=1S/C15H14O5/c1-19-13-8-11(15(17)18)7-12(16)14(13)20-9-10-5-3-2-4-6-10/h2-8,16H,9H2,1H3,(H,17,18). The molecule has 0 spiro atoms. The molecule has 0 saturated heterocycles. The first kappa shape index (κ1) is 13.7. The fourth-order valence-corrected chi connectivity index (χ4v) is 1.74. The summed E-state index contributed by atoms with van der Waals surface area (Å²) in [4.78, 5) is 10.9. The van der Waals surface area contributed by atoms with Crippen molar-refractivity contribution in [2.45, 2.75) is 6.61 Å². The summed E-state index contributed by atoms with van der Waals surface area (Å²) < 4.78 is 10.6. The number of hydrogen-bond acceptors (Lipinski definition) is 4. The molecule has 0 atom stereocenters. The molecule has 104 valence electrons. The van der Waals surface area contributed by atoms with Gasteiger partial charge in [-0.05, 0) is 17.7 Å². The maximum atomic E-state index is 10.9. The van der Waals surface area contributed by atoms with Crippen LogP contribution in [0.3, 0.4) is 0 Å². The smallest absolute Gasteiger partial charge is 0.335 e. The Morgan fingerprint density at radius 3 is 2.50 bits per heavy atom. The zero-order valence-electron chi connectivity index (χ0n) is 10.9. The van der Waals surface area contributed by atoms with E-state index in [1.54, 1.807) is 0 Å². The molecule has 5 heteroatoms. The van der Waals surface area contributed by atoms with Crippen LogP contribution in [0, 0.1) is 0 Å². The van der Waals surface area contributed by atoms with E-state index in [0.717, 1.165) is 11.6 Å². The highest BCUT2D eigenvalue weighted by molar-refractivity contribution is 5.89. The van der Waals surface area contributed by atoms with E-state index >= 15 is 0 Å². The van der Waals surface area contributed by atoms with Gasteiger partial charge in [0, 0.05) is 0 Å². The van der Waals surface area contributed by atoms with Crippen LogP contribution in [0.25, 0.3) is 0 Å². The van der Waals surface area contributed by atoms with Crippen LogP contribution in [0.5, 0.6) is 17.2 Å². The van der Waals surface area contributed by atoms with E-state index in [9.17, 15) is 9.90 Å². The molecule has 2 rings (SSSR count). The molecule has 0 fully saturated rings. The number of phenols is 1. The monoisotopic (exact) mass is 274 g/mol. The highest BCUT2D eigenvalue weighted by Crippen LogP contribution is 2.38. The van der Waals surface area contributed by atoms with Gasteiger partial charge >= 0.3 is 5.97 Å². The first-order valence-corrected chi connectivity index (χ1v) is 5.93. The summed E-state index contributed by atoms with van der Waals surface area (Å²) in [6, 6.07) is 11.9. The maximum absolute atomic E-state index is 10.9. The number of benzene rings is 2. The summed E-state index contributed by atoms with van der Waals surface area (Å²) in [5.74, 6) is -1.11. The number of carboxylic acids is 1. The van der Waals surface area contributed by atoms with Gasteiger partial charge in [-0.2, -0.15) is 0 Å². The minimum Gasteiger partial charge on any atom is -0.504 e. The van der Waals surface area contributed by atoms with E-state index in [2.05, 4.69) is 0 Å². The Hall–Kier alpha value is -2.69. The predicted octanol–water partition coefficient (Wildman–Crippen LogP) is 2.68. The van der Waals surface area contributed by atoms with Crippen LogP contribution < -0.4 is 9.47 Å². The molecular weight excluding hydrogens is 260 g/mol. The van der Waals surface area contributed by atoms with Crippen molar-refractivity contribution >= 4 is 5.97 Å². The van der Waals surface area contributed by atoms with Gasteiger partial charge < -0.3 is 19.7 Å². The molecule has 0 unspecified atom stereocenters. The van der Waals surface area contributed by atoms with Gasteiger partial charge in [-0.25, -0.2) is 4.79 Å². The zero-order chi connectivity index (χ0) is 14.5. The molecule has 20 heavy (non-hydrogen) atoms. The minimum absolute atomic E-state index is 0.0635. The van der Waals surface area contributed by atoms with Gasteiger partial charge in [-0.1, -0.05) is 30.3 Å². The van der Waals surface area contributed by atoms with Crippen LogP contribution in [0.2, 0.25) is 0 Å². The Balaban J connectivity index is 2.25. The Labute approximate surface area is 116 Å². The summed E-state index contributed by atoms with van der Waals surface area (Å²) >= 11 is 0. The van der Waals surface area contributed by atoms with Gasteiger partial charge in [0.25, 0.3) is 0 Å². The molecule has 2 aromatic rings. The van der Waals surface area contributed by atoms with Gasteiger partial charge in [-0.3, -0.25) is 0 Å². The Morgan fingerprint density at radius 1 is 1.20 bits per heavy atom. The number of hydrogen-bond donors (Lipinski definition) is 2. The highest BCUT2D eigenvalue weighted by atomic mass is 16.5. The van der Waals surface area contributed by atoms with Crippen molar-refractivity contribution in [3.63, 3.8) is 0 Å². The number of rotatable bonds is 5. The van der Waals surface area contributed by atoms with Crippen molar-refractivity contribution in [1.82, 2.24) is 0 Å². The molecule has 2 aromatic carbocycles. The van der Waals surface area contributed by atoms with Crippen LogP contribution in [-0.4, -0.2) is 23.3 Å². The number of aromatic carboxylic acids is 1. The second-order valence-corrected chi connectivity index (χ2v) is 4.11. The minimum atomic E-state index is -1.15. The molecule has 0 saturated carbocycles. The van der Waals surface area contributed by atoms with Gasteiger partial charge in [0.1, 0.15) is 6.61 Å². The summed E-state index contributed by atoms with van der Waals surface area (Å²) in [6.45, 7) is 0.247. The van der Waals surface area contributed by atoms with E-state index in [0.29, 0.717) is 0 Å². The number of ether oxygens (including phenoxy) is 2. The van der Waals surface area contributed by atoms with Crippen molar-refractivity contribution in [2.75, 3.05) is 7.11 Å². The zero-order valence-corrected chi connectivity index (χ0v) is 10.9. The van der Waals surface area contributed by atoms with Gasteiger partial charge in [-0.15, -0.1) is 0 Å². The van der Waals surface area contributed by atoms with Gasteiger partial charge in [0.15, 0.2) is 11.5 Å². The van der Waals surface area contributed by atoms with E-state index < -0.39 is 5.97 Å². The molecule has 0 heterocycles. The van der Waals surface area contributed by atoms with Crippen LogP contribution in [0.1, 0.15) is 15.9 Å². The molecule has 2 N–H and O–H groups in total. The summed E-state index contributed by atoms with van der Waals surface area (Å²) in [5, 5.41) is 18.8. The molecule has 5 nitrogen and oxygen atoms in total. The highest BCUT2D eigenvalue weighted by Gasteiger charge is 2.16. The number of carbonyl (C=O) groups is 1. The van der Waals surface area contributed by atoms with Crippen LogP contribution in [-0.2, 0) is 6.61 Å². The Bertz CT molecular complexity index is 607. The Kier molecular flexibility index (Phi) is 4.10. The molecule has 0 aliphatic rings. The molecule has 0 bridgehead atoms. The quantitative estimate of drug-likeness (QED) is 0.876. The third-order valence-corrected chi connectivity index (χ3v) is 2.73. The lowest BCUT2D eigenvalue weighted by Crippen LogP contribution is -2.01. The van der Waals surface area contributed by atoms with Crippen molar-refractivity contribution in [2.24, 2.45) is 0 Å². The van der Waals surface area contributed by atoms with Crippen molar-refractivity contribution in [1.29, 1.82) is 0 Å². The summed E-state index contributed by atoms with van der Waals surface area (Å²) in [5.41, 5.74) is 0.864. The molecular formula is C15H14O5. The van der Waals surface area contributed by atoms with E-state index in [4.69, 9.17) is 14.6 Å². The second-order valence-electron chi connectivity index (χ2n) is 4.11. The van der Waals surface area contributed by atoms with Gasteiger partial charge in [0.2, 0.25) is 5.75 Å². The SMILES string of the molecule is COc1cc(C(=O)O)cc(O)c1OCc1ccccc1. The van der Waals surface area contributed by atoms with Crippen LogP contribution in [0.15, 0.2) is 42.5 Å². The van der Waals surface area contributed by atoms with E-state index in [-0.39, 0.29) is 29.4 Å². The lowest BCUT2D eigenvalue weighted by Gasteiger charge is -2.13. The topological polar surface area (TPSA) is 76.0 Å². The number of aromatic hydroxyl groups is 1. The van der Waals surface area contributed by atoms with E-state index in [1.807, 2.05) is 30.3 Å². The molecule has 0 aliphatic heterocycles. The van der Waals surface area contributed by atoms with Crippen molar-refractivity contribution < 1.29 is 24.5 Å². The van der Waals surface area contributed by atoms with Crippen LogP contribution in [0.4, 0.5) is 0 Å². The third-order valence-electron chi connectivity index (χ3n) is 2.73.